The minimum atomic E-state index is -1.06. The van der Waals surface area contributed by atoms with Gasteiger partial charge in [0.2, 0.25) is 0 Å². The van der Waals surface area contributed by atoms with E-state index in [9.17, 15) is 15.0 Å². The van der Waals surface area contributed by atoms with E-state index in [1.165, 1.54) is 12.1 Å². The maximum absolute atomic E-state index is 11.3. The Labute approximate surface area is 121 Å². The summed E-state index contributed by atoms with van der Waals surface area (Å²) in [5, 5.41) is 18.8. The molecule has 6 nitrogen and oxygen atoms in total. The number of carboxylic acids is 1. The molecule has 110 valence electrons. The minimum Gasteiger partial charge on any atom is -0.478 e. The number of hydrogen-bond acceptors (Lipinski definition) is 5. The molecule has 1 aliphatic heterocycles. The number of hydrogen-bond donors (Lipinski definition) is 2. The summed E-state index contributed by atoms with van der Waals surface area (Å²) in [5.74, 6) is -0.756. The number of rotatable bonds is 3. The second-order valence-corrected chi connectivity index (χ2v) is 5.76. The largest absolute Gasteiger partial charge is 0.478 e. The third-order valence-corrected chi connectivity index (χ3v) is 3.27. The number of carboxylic acid groups (broad SMARTS) is 1. The predicted molar refractivity (Wildman–Crippen MR) is 74.5 cm³/mol. The summed E-state index contributed by atoms with van der Waals surface area (Å²) in [4.78, 5) is 17.2. The summed E-state index contributed by atoms with van der Waals surface area (Å²) in [6, 6.07) is 2.88. The number of carbonyl (C=O) groups is 1. The van der Waals surface area contributed by atoms with E-state index in [0.717, 1.165) is 0 Å². The maximum Gasteiger partial charge on any atom is 0.339 e. The molecule has 2 rings (SSSR count). The van der Waals surface area contributed by atoms with Crippen molar-refractivity contribution in [2.24, 2.45) is 0 Å². The SMILES string of the molecule is CC1(C)CN(c2nc(Cl)ccc2C(=O)O)CC(CO)O1. The molecule has 0 aromatic carbocycles. The highest BCUT2D eigenvalue weighted by Crippen LogP contribution is 2.28. The van der Waals surface area contributed by atoms with Crippen molar-refractivity contribution in [3.63, 3.8) is 0 Å². The number of morpholine rings is 1. The number of nitrogens with zero attached hydrogens (tertiary/aromatic N) is 2. The van der Waals surface area contributed by atoms with Crippen LogP contribution in [0.1, 0.15) is 24.2 Å². The number of anilines is 1. The third kappa shape index (κ3) is 3.20. The Kier molecular flexibility index (Phi) is 4.17. The number of aliphatic hydroxyl groups is 1. The van der Waals surface area contributed by atoms with Gasteiger partial charge in [-0.25, -0.2) is 9.78 Å². The van der Waals surface area contributed by atoms with Crippen LogP contribution >= 0.6 is 11.6 Å². The molecule has 1 saturated heterocycles. The Bertz CT molecular complexity index is 521. The molecule has 0 saturated carbocycles. The molecule has 2 heterocycles. The number of aromatic nitrogens is 1. The Morgan fingerprint density at radius 2 is 2.30 bits per heavy atom. The second-order valence-electron chi connectivity index (χ2n) is 5.37. The molecule has 7 heteroatoms. The number of aromatic carboxylic acids is 1. The van der Waals surface area contributed by atoms with E-state index in [1.807, 2.05) is 13.8 Å². The normalized spacial score (nSPS) is 21.8. The van der Waals surface area contributed by atoms with Crippen LogP contribution in [0.15, 0.2) is 12.1 Å². The van der Waals surface area contributed by atoms with Crippen molar-refractivity contribution >= 4 is 23.4 Å². The molecule has 0 aliphatic carbocycles. The summed E-state index contributed by atoms with van der Waals surface area (Å²) in [6.07, 6.45) is -0.388. The molecule has 0 radical (unpaired) electrons. The van der Waals surface area contributed by atoms with Crippen molar-refractivity contribution in [2.45, 2.75) is 25.6 Å². The van der Waals surface area contributed by atoms with Gasteiger partial charge >= 0.3 is 5.97 Å². The van der Waals surface area contributed by atoms with Gasteiger partial charge in [-0.2, -0.15) is 0 Å². The second kappa shape index (κ2) is 5.55. The molecule has 1 atom stereocenters. The highest BCUT2D eigenvalue weighted by molar-refractivity contribution is 6.29. The van der Waals surface area contributed by atoms with E-state index < -0.39 is 11.6 Å². The van der Waals surface area contributed by atoms with Crippen LogP contribution in [0.3, 0.4) is 0 Å². The van der Waals surface area contributed by atoms with Gasteiger partial charge in [0.1, 0.15) is 16.5 Å². The zero-order chi connectivity index (χ0) is 14.9. The molecule has 1 fully saturated rings. The quantitative estimate of drug-likeness (QED) is 0.821. The van der Waals surface area contributed by atoms with Gasteiger partial charge in [0.15, 0.2) is 0 Å². The van der Waals surface area contributed by atoms with Crippen molar-refractivity contribution in [3.05, 3.63) is 22.8 Å². The van der Waals surface area contributed by atoms with E-state index in [-0.39, 0.29) is 23.4 Å². The maximum atomic E-state index is 11.3. The van der Waals surface area contributed by atoms with Crippen molar-refractivity contribution in [3.8, 4) is 0 Å². The monoisotopic (exact) mass is 300 g/mol. The Morgan fingerprint density at radius 3 is 2.90 bits per heavy atom. The highest BCUT2D eigenvalue weighted by atomic mass is 35.5. The van der Waals surface area contributed by atoms with E-state index >= 15 is 0 Å². The van der Waals surface area contributed by atoms with Crippen LogP contribution in [0.25, 0.3) is 0 Å². The summed E-state index contributed by atoms with van der Waals surface area (Å²) >= 11 is 5.87. The fourth-order valence-corrected chi connectivity index (χ4v) is 2.53. The van der Waals surface area contributed by atoms with Gasteiger partial charge in [0, 0.05) is 13.1 Å². The Hall–Kier alpha value is -1.37. The lowest BCUT2D eigenvalue weighted by atomic mass is 10.0. The van der Waals surface area contributed by atoms with Crippen LogP contribution in [-0.2, 0) is 4.74 Å². The molecule has 20 heavy (non-hydrogen) atoms. The van der Waals surface area contributed by atoms with Crippen molar-refractivity contribution in [2.75, 3.05) is 24.6 Å². The van der Waals surface area contributed by atoms with Crippen molar-refractivity contribution in [1.82, 2.24) is 4.98 Å². The van der Waals surface area contributed by atoms with E-state index in [0.29, 0.717) is 18.9 Å². The number of halogens is 1. The molecule has 1 aliphatic rings. The summed E-state index contributed by atoms with van der Waals surface area (Å²) in [6.45, 7) is 4.47. The molecule has 0 spiro atoms. The minimum absolute atomic E-state index is 0.0868. The number of aliphatic hydroxyl groups excluding tert-OH is 1. The summed E-state index contributed by atoms with van der Waals surface area (Å²) in [7, 11) is 0. The Morgan fingerprint density at radius 1 is 1.60 bits per heavy atom. The Balaban J connectivity index is 2.39. The van der Waals surface area contributed by atoms with E-state index in [4.69, 9.17) is 16.3 Å². The van der Waals surface area contributed by atoms with Gasteiger partial charge in [-0.15, -0.1) is 0 Å². The predicted octanol–water partition coefficient (Wildman–Crippen LogP) is 1.41. The molecule has 1 aromatic heterocycles. The van der Waals surface area contributed by atoms with Crippen LogP contribution in [0.2, 0.25) is 5.15 Å². The molecule has 2 N–H and O–H groups in total. The van der Waals surface area contributed by atoms with Crippen LogP contribution in [-0.4, -0.2) is 52.6 Å². The number of ether oxygens (including phenoxy) is 1. The van der Waals surface area contributed by atoms with Gasteiger partial charge in [0.05, 0.1) is 18.3 Å². The van der Waals surface area contributed by atoms with Gasteiger partial charge in [-0.1, -0.05) is 11.6 Å². The number of pyridine rings is 1. The first-order chi connectivity index (χ1) is 9.32. The first-order valence-electron chi connectivity index (χ1n) is 6.26. The third-order valence-electron chi connectivity index (χ3n) is 3.06. The smallest absolute Gasteiger partial charge is 0.339 e. The van der Waals surface area contributed by atoms with E-state index in [2.05, 4.69) is 4.98 Å². The highest BCUT2D eigenvalue weighted by Gasteiger charge is 2.35. The molecular formula is C13H17ClN2O4. The van der Waals surface area contributed by atoms with Crippen molar-refractivity contribution in [1.29, 1.82) is 0 Å². The van der Waals surface area contributed by atoms with Crippen molar-refractivity contribution < 1.29 is 19.7 Å². The molecule has 0 amide bonds. The molecule has 0 bridgehead atoms. The first kappa shape index (κ1) is 15.0. The first-order valence-corrected chi connectivity index (χ1v) is 6.63. The van der Waals surface area contributed by atoms with Crippen LogP contribution in [0.4, 0.5) is 5.82 Å². The van der Waals surface area contributed by atoms with Crippen LogP contribution in [0.5, 0.6) is 0 Å². The summed E-state index contributed by atoms with van der Waals surface area (Å²) in [5.41, 5.74) is -0.422. The van der Waals surface area contributed by atoms with Gasteiger partial charge < -0.3 is 19.8 Å². The average molecular weight is 301 g/mol. The van der Waals surface area contributed by atoms with Gasteiger partial charge in [-0.05, 0) is 26.0 Å². The lowest BCUT2D eigenvalue weighted by molar-refractivity contribution is -0.101. The zero-order valence-electron chi connectivity index (χ0n) is 11.3. The van der Waals surface area contributed by atoms with Gasteiger partial charge in [0.25, 0.3) is 0 Å². The molecular weight excluding hydrogens is 284 g/mol. The fourth-order valence-electron chi connectivity index (χ4n) is 2.39. The lowest BCUT2D eigenvalue weighted by Gasteiger charge is -2.43. The standard InChI is InChI=1S/C13H17ClN2O4/c1-13(2)7-16(5-8(6-17)20-13)11-9(12(18)19)3-4-10(14)15-11/h3-4,8,17H,5-7H2,1-2H3,(H,18,19). The molecule has 1 aromatic rings. The molecule has 1 unspecified atom stereocenters. The van der Waals surface area contributed by atoms with E-state index in [1.54, 1.807) is 4.90 Å². The zero-order valence-corrected chi connectivity index (χ0v) is 12.1. The topological polar surface area (TPSA) is 82.9 Å². The van der Waals surface area contributed by atoms with Gasteiger partial charge in [-0.3, -0.25) is 0 Å². The van der Waals surface area contributed by atoms with Crippen LogP contribution in [0, 0.1) is 0 Å². The summed E-state index contributed by atoms with van der Waals surface area (Å²) < 4.78 is 5.71. The lowest BCUT2D eigenvalue weighted by Crippen LogP contribution is -2.54. The fraction of sp³-hybridized carbons (Fsp3) is 0.538. The average Bonchev–Trinajstić information content (AvgIpc) is 2.36. The van der Waals surface area contributed by atoms with Crippen LogP contribution < -0.4 is 4.90 Å².